The summed E-state index contributed by atoms with van der Waals surface area (Å²) in [4.78, 5) is 24.5. The molecule has 10 nitrogen and oxygen atoms in total. The first-order valence-corrected chi connectivity index (χ1v) is 9.83. The van der Waals surface area contributed by atoms with Crippen LogP contribution in [0.4, 0.5) is 5.82 Å². The van der Waals surface area contributed by atoms with E-state index in [4.69, 9.17) is 25.6 Å². The highest BCUT2D eigenvalue weighted by Crippen LogP contribution is 2.33. The molecule has 0 spiro atoms. The summed E-state index contributed by atoms with van der Waals surface area (Å²) in [6, 6.07) is 3.84. The van der Waals surface area contributed by atoms with E-state index in [1.54, 1.807) is 18.4 Å². The van der Waals surface area contributed by atoms with Gasteiger partial charge in [-0.15, -0.1) is 0 Å². The van der Waals surface area contributed by atoms with E-state index in [2.05, 4.69) is 16.7 Å². The van der Waals surface area contributed by atoms with Gasteiger partial charge in [-0.05, 0) is 25.0 Å². The van der Waals surface area contributed by atoms with Crippen LogP contribution in [0.15, 0.2) is 18.5 Å². The average Bonchev–Trinajstić information content (AvgIpc) is 3.43. The minimum Gasteiger partial charge on any atom is -0.481 e. The van der Waals surface area contributed by atoms with E-state index in [1.807, 2.05) is 26.0 Å². The zero-order valence-electron chi connectivity index (χ0n) is 17.9. The van der Waals surface area contributed by atoms with Crippen molar-refractivity contribution < 1.29 is 24.2 Å². The number of hydrogen-bond acceptors (Lipinski definition) is 8. The molecule has 1 fully saturated rings. The molecule has 10 heteroatoms. The number of hydrogen-bond donors (Lipinski definition) is 2. The fraction of sp³-hybridized carbons (Fsp3) is 0.550. The fourth-order valence-electron chi connectivity index (χ4n) is 2.55. The second-order valence-electron chi connectivity index (χ2n) is 5.81. The van der Waals surface area contributed by atoms with Crippen LogP contribution in [0.3, 0.4) is 0 Å². The van der Waals surface area contributed by atoms with Crippen LogP contribution in [-0.2, 0) is 19.1 Å². The first-order chi connectivity index (χ1) is 14.5. The molecule has 30 heavy (non-hydrogen) atoms. The zero-order chi connectivity index (χ0) is 23.1. The van der Waals surface area contributed by atoms with Crippen molar-refractivity contribution in [3.8, 4) is 6.57 Å². The Hall–Kier alpha value is -3.19. The van der Waals surface area contributed by atoms with E-state index in [0.717, 1.165) is 24.1 Å². The molecule has 1 saturated heterocycles. The van der Waals surface area contributed by atoms with Crippen molar-refractivity contribution in [1.29, 1.82) is 5.26 Å². The number of carboxylic acid groups (broad SMARTS) is 1. The third kappa shape index (κ3) is 8.05. The summed E-state index contributed by atoms with van der Waals surface area (Å²) in [6.45, 7) is 11.2. The lowest BCUT2D eigenvalue weighted by atomic mass is 10.1. The third-order valence-corrected chi connectivity index (χ3v) is 3.97. The molecular weight excluding hydrogens is 390 g/mol. The van der Waals surface area contributed by atoms with Gasteiger partial charge in [0.2, 0.25) is 0 Å². The molecule has 2 aromatic rings. The van der Waals surface area contributed by atoms with E-state index in [9.17, 15) is 9.59 Å². The Morgan fingerprint density at radius 1 is 1.30 bits per heavy atom. The lowest BCUT2D eigenvalue weighted by Crippen LogP contribution is -2.18. The number of nitrogen functional groups attached to an aromatic ring is 1. The van der Waals surface area contributed by atoms with Gasteiger partial charge in [0.05, 0.1) is 11.8 Å². The number of carbonyl (C=O) groups excluding carboxylic acids is 1. The molecule has 0 aromatic carbocycles. The Morgan fingerprint density at radius 2 is 1.93 bits per heavy atom. The molecule has 3 rings (SSSR count). The lowest BCUT2D eigenvalue weighted by Gasteiger charge is -2.13. The average molecular weight is 421 g/mol. The minimum absolute atomic E-state index is 0.0600. The minimum atomic E-state index is -0.745. The highest BCUT2D eigenvalue weighted by molar-refractivity contribution is 5.68. The molecule has 1 aliphatic heterocycles. The second kappa shape index (κ2) is 14.8. The van der Waals surface area contributed by atoms with Crippen molar-refractivity contribution in [3.05, 3.63) is 24.2 Å². The van der Waals surface area contributed by atoms with Gasteiger partial charge in [-0.25, -0.2) is 14.8 Å². The van der Waals surface area contributed by atoms with Crippen molar-refractivity contribution in [2.24, 2.45) is 0 Å². The molecule has 0 amide bonds. The normalized spacial score (nSPS) is 16.7. The van der Waals surface area contributed by atoms with Crippen LogP contribution in [0.2, 0.25) is 0 Å². The smallest absolute Gasteiger partial charge is 0.305 e. The number of carboxylic acids is 1. The largest absolute Gasteiger partial charge is 0.481 e. The third-order valence-electron chi connectivity index (χ3n) is 3.97. The molecule has 0 saturated carbocycles. The molecular formula is C20H31N5O5. The van der Waals surface area contributed by atoms with Crippen LogP contribution >= 0.6 is 0 Å². The van der Waals surface area contributed by atoms with E-state index < -0.39 is 5.97 Å². The monoisotopic (exact) mass is 421 g/mol. The predicted molar refractivity (Wildman–Crippen MR) is 111 cm³/mol. The van der Waals surface area contributed by atoms with Crippen LogP contribution in [-0.4, -0.2) is 44.4 Å². The maximum Gasteiger partial charge on any atom is 0.305 e. The topological polar surface area (TPSA) is 153 Å². The number of aliphatic carboxylic acids is 1. The number of anilines is 1. The highest BCUT2D eigenvalue weighted by atomic mass is 16.6. The molecule has 3 heterocycles. The summed E-state index contributed by atoms with van der Waals surface area (Å²) in [5.74, 6) is -0.497. The van der Waals surface area contributed by atoms with E-state index in [0.29, 0.717) is 18.8 Å². The SMILES string of the molecule is C#N.CC.CCC(=O)O.CCC(=O)OCC1CCC(c2ccc3c(N)ncnn23)O1. The highest BCUT2D eigenvalue weighted by Gasteiger charge is 2.29. The van der Waals surface area contributed by atoms with Gasteiger partial charge in [0.1, 0.15) is 24.6 Å². The fourth-order valence-corrected chi connectivity index (χ4v) is 2.55. The number of carbonyl (C=O) groups is 2. The van der Waals surface area contributed by atoms with Crippen molar-refractivity contribution >= 4 is 23.3 Å². The first kappa shape index (κ1) is 26.8. The lowest BCUT2D eigenvalue weighted by molar-refractivity contribution is -0.147. The number of ether oxygens (including phenoxy) is 2. The number of nitriles is 1. The molecule has 166 valence electrons. The molecule has 1 aliphatic rings. The quantitative estimate of drug-likeness (QED) is 0.693. The molecule has 0 aliphatic carbocycles. The molecule has 2 aromatic heterocycles. The number of aromatic nitrogens is 3. The van der Waals surface area contributed by atoms with E-state index in [1.165, 1.54) is 6.33 Å². The number of nitrogens with two attached hydrogens (primary N) is 1. The van der Waals surface area contributed by atoms with Crippen molar-refractivity contribution in [2.45, 2.75) is 65.6 Å². The van der Waals surface area contributed by atoms with Gasteiger partial charge in [-0.3, -0.25) is 9.59 Å². The Labute approximate surface area is 176 Å². The van der Waals surface area contributed by atoms with Gasteiger partial charge in [0.15, 0.2) is 5.82 Å². The molecule has 0 radical (unpaired) electrons. The summed E-state index contributed by atoms with van der Waals surface area (Å²) in [7, 11) is 0. The second-order valence-corrected chi connectivity index (χ2v) is 5.81. The number of esters is 1. The van der Waals surface area contributed by atoms with Crippen LogP contribution in [0.5, 0.6) is 0 Å². The maximum absolute atomic E-state index is 11.2. The van der Waals surface area contributed by atoms with Crippen molar-refractivity contribution in [1.82, 2.24) is 14.6 Å². The van der Waals surface area contributed by atoms with E-state index >= 15 is 0 Å². The van der Waals surface area contributed by atoms with Crippen LogP contribution in [0.1, 0.15) is 65.2 Å². The first-order valence-electron chi connectivity index (χ1n) is 9.83. The number of rotatable bonds is 5. The maximum atomic E-state index is 11.2. The Bertz CT molecular complexity index is 805. The van der Waals surface area contributed by atoms with Gasteiger partial charge < -0.3 is 20.3 Å². The van der Waals surface area contributed by atoms with Crippen molar-refractivity contribution in [2.75, 3.05) is 12.3 Å². The van der Waals surface area contributed by atoms with Crippen LogP contribution < -0.4 is 5.73 Å². The molecule has 2 unspecified atom stereocenters. The molecule has 2 atom stereocenters. The summed E-state index contributed by atoms with van der Waals surface area (Å²) >= 11 is 0. The Morgan fingerprint density at radius 3 is 2.50 bits per heavy atom. The predicted octanol–water partition coefficient (Wildman–Crippen LogP) is 3.13. The summed E-state index contributed by atoms with van der Waals surface area (Å²) < 4.78 is 12.8. The van der Waals surface area contributed by atoms with Crippen molar-refractivity contribution in [3.63, 3.8) is 0 Å². The van der Waals surface area contributed by atoms with Gasteiger partial charge in [-0.2, -0.15) is 5.10 Å². The summed E-state index contributed by atoms with van der Waals surface area (Å²) in [6.07, 6.45) is 3.64. The van der Waals surface area contributed by atoms with Crippen LogP contribution in [0, 0.1) is 11.8 Å². The number of fused-ring (bicyclic) bond motifs is 1. The van der Waals surface area contributed by atoms with Crippen LogP contribution in [0.25, 0.3) is 5.52 Å². The molecule has 0 bridgehead atoms. The van der Waals surface area contributed by atoms with E-state index in [-0.39, 0.29) is 24.6 Å². The van der Waals surface area contributed by atoms with Gasteiger partial charge in [0, 0.05) is 19.4 Å². The zero-order valence-corrected chi connectivity index (χ0v) is 17.9. The summed E-state index contributed by atoms with van der Waals surface area (Å²) in [5, 5.41) is 18.4. The summed E-state index contributed by atoms with van der Waals surface area (Å²) in [5.41, 5.74) is 7.54. The standard InChI is InChI=1S/C14H18N4O3.C3H6O2.C2H6.CHN/c1-2-13(19)20-7-9-3-6-12(21-9)10-4-5-11-14(15)16-8-17-18(10)11;1-2-3(4)5;2*1-2/h4-5,8-9,12H,2-3,6-7H2,1H3,(H2,15,16,17);2H2,1H3,(H,4,5);1-2H3;1H. The number of nitrogens with zero attached hydrogens (tertiary/aromatic N) is 4. The Kier molecular flexibility index (Phi) is 13.2. The Balaban J connectivity index is 0.000000808. The van der Waals surface area contributed by atoms with Gasteiger partial charge in [-0.1, -0.05) is 27.7 Å². The molecule has 3 N–H and O–H groups in total. The van der Waals surface area contributed by atoms with Gasteiger partial charge >= 0.3 is 11.9 Å². The van der Waals surface area contributed by atoms with Gasteiger partial charge in [0.25, 0.3) is 0 Å².